The number of halogens is 1. The highest BCUT2D eigenvalue weighted by Crippen LogP contribution is 2.20. The number of hydrogen-bond donors (Lipinski definition) is 1. The molecule has 0 saturated carbocycles. The van der Waals surface area contributed by atoms with Crippen molar-refractivity contribution in [2.75, 3.05) is 0 Å². The molecule has 0 aliphatic heterocycles. The molecule has 100 valence electrons. The summed E-state index contributed by atoms with van der Waals surface area (Å²) in [5, 5.41) is 16.7. The number of aryl methyl sites for hydroxylation is 2. The maximum atomic E-state index is 10.5. The Balaban J connectivity index is 2.25. The highest BCUT2D eigenvalue weighted by Gasteiger charge is 2.08. The molecule has 0 fully saturated rings. The summed E-state index contributed by atoms with van der Waals surface area (Å²) in [6.45, 7) is 2.08. The molecule has 0 saturated heterocycles. The Morgan fingerprint density at radius 1 is 1.47 bits per heavy atom. The van der Waals surface area contributed by atoms with Gasteiger partial charge in [0.1, 0.15) is 0 Å². The summed E-state index contributed by atoms with van der Waals surface area (Å²) >= 11 is 3.45. The Hall–Kier alpha value is -1.69. The summed E-state index contributed by atoms with van der Waals surface area (Å²) in [5.41, 5.74) is 2.82. The zero-order chi connectivity index (χ0) is 13.8. The average molecular weight is 324 g/mol. The molecular formula is C13H14BrN3O2. The maximum Gasteiger partial charge on any atom is 0.303 e. The third-order valence-electron chi connectivity index (χ3n) is 2.81. The van der Waals surface area contributed by atoms with Crippen LogP contribution in [0.15, 0.2) is 28.9 Å². The van der Waals surface area contributed by atoms with Crippen LogP contribution in [0.25, 0.3) is 5.69 Å². The van der Waals surface area contributed by atoms with Gasteiger partial charge in [0.05, 0.1) is 24.0 Å². The molecule has 0 radical (unpaired) electrons. The maximum absolute atomic E-state index is 10.5. The molecule has 0 amide bonds. The number of carboxylic acid groups (broad SMARTS) is 1. The fourth-order valence-corrected chi connectivity index (χ4v) is 2.23. The Morgan fingerprint density at radius 3 is 2.95 bits per heavy atom. The van der Waals surface area contributed by atoms with E-state index in [2.05, 4.69) is 33.2 Å². The molecule has 1 heterocycles. The van der Waals surface area contributed by atoms with Crippen LogP contribution >= 0.6 is 15.9 Å². The van der Waals surface area contributed by atoms with Crippen molar-refractivity contribution in [3.05, 3.63) is 40.1 Å². The SMILES string of the molecule is CCc1cc(Br)ccc1-n1cc(CCC(=O)O)nn1. The minimum absolute atomic E-state index is 0.0691. The van der Waals surface area contributed by atoms with Gasteiger partial charge < -0.3 is 5.11 Å². The lowest BCUT2D eigenvalue weighted by Gasteiger charge is -2.07. The summed E-state index contributed by atoms with van der Waals surface area (Å²) in [7, 11) is 0. The van der Waals surface area contributed by atoms with Gasteiger partial charge >= 0.3 is 5.97 Å². The average Bonchev–Trinajstić information content (AvgIpc) is 2.84. The summed E-state index contributed by atoms with van der Waals surface area (Å²) in [6.07, 6.45) is 3.14. The lowest BCUT2D eigenvalue weighted by Crippen LogP contribution is -2.00. The molecule has 19 heavy (non-hydrogen) atoms. The van der Waals surface area contributed by atoms with Gasteiger partial charge in [-0.15, -0.1) is 5.10 Å². The first-order valence-corrected chi connectivity index (χ1v) is 6.81. The molecule has 2 rings (SSSR count). The number of carboxylic acids is 1. The first kappa shape index (κ1) is 13.7. The molecule has 2 aromatic rings. The summed E-state index contributed by atoms with van der Waals surface area (Å²) in [5.74, 6) is -0.826. The van der Waals surface area contributed by atoms with Crippen LogP contribution in [0.2, 0.25) is 0 Å². The Labute approximate surface area is 119 Å². The van der Waals surface area contributed by atoms with Crippen LogP contribution in [0.3, 0.4) is 0 Å². The van der Waals surface area contributed by atoms with Crippen molar-refractivity contribution < 1.29 is 9.90 Å². The van der Waals surface area contributed by atoms with E-state index in [1.54, 1.807) is 10.9 Å². The van der Waals surface area contributed by atoms with Crippen molar-refractivity contribution >= 4 is 21.9 Å². The Bertz CT molecular complexity index is 595. The van der Waals surface area contributed by atoms with E-state index in [1.807, 2.05) is 18.2 Å². The summed E-state index contributed by atoms with van der Waals surface area (Å²) < 4.78 is 2.72. The highest BCUT2D eigenvalue weighted by molar-refractivity contribution is 9.10. The smallest absolute Gasteiger partial charge is 0.303 e. The zero-order valence-electron chi connectivity index (χ0n) is 10.5. The first-order valence-electron chi connectivity index (χ1n) is 6.02. The predicted molar refractivity (Wildman–Crippen MR) is 74.4 cm³/mol. The van der Waals surface area contributed by atoms with Crippen LogP contribution in [0.4, 0.5) is 0 Å². The van der Waals surface area contributed by atoms with Gasteiger partial charge in [-0.25, -0.2) is 4.68 Å². The van der Waals surface area contributed by atoms with Crippen molar-refractivity contribution in [2.45, 2.75) is 26.2 Å². The van der Waals surface area contributed by atoms with Gasteiger partial charge in [-0.05, 0) is 30.2 Å². The van der Waals surface area contributed by atoms with Crippen LogP contribution in [0.1, 0.15) is 24.6 Å². The van der Waals surface area contributed by atoms with Gasteiger partial charge in [0.2, 0.25) is 0 Å². The van der Waals surface area contributed by atoms with Crippen molar-refractivity contribution in [2.24, 2.45) is 0 Å². The molecule has 0 spiro atoms. The molecule has 1 N–H and O–H groups in total. The van der Waals surface area contributed by atoms with E-state index in [-0.39, 0.29) is 6.42 Å². The predicted octanol–water partition coefficient (Wildman–Crippen LogP) is 2.61. The van der Waals surface area contributed by atoms with Crippen molar-refractivity contribution in [3.8, 4) is 5.69 Å². The fourth-order valence-electron chi connectivity index (χ4n) is 1.83. The fraction of sp³-hybridized carbons (Fsp3) is 0.308. The van der Waals surface area contributed by atoms with Gasteiger partial charge in [0, 0.05) is 10.9 Å². The van der Waals surface area contributed by atoms with Crippen molar-refractivity contribution in [3.63, 3.8) is 0 Å². The van der Waals surface area contributed by atoms with Gasteiger partial charge in [0.15, 0.2) is 0 Å². The molecule has 6 heteroatoms. The van der Waals surface area contributed by atoms with E-state index in [1.165, 1.54) is 0 Å². The van der Waals surface area contributed by atoms with Gasteiger partial charge in [-0.3, -0.25) is 4.79 Å². The zero-order valence-corrected chi connectivity index (χ0v) is 12.1. The lowest BCUT2D eigenvalue weighted by molar-refractivity contribution is -0.136. The van der Waals surface area contributed by atoms with E-state index < -0.39 is 5.97 Å². The number of carbonyl (C=O) groups is 1. The normalized spacial score (nSPS) is 10.6. The Morgan fingerprint density at radius 2 is 2.26 bits per heavy atom. The summed E-state index contributed by atoms with van der Waals surface area (Å²) in [4.78, 5) is 10.5. The van der Waals surface area contributed by atoms with E-state index in [4.69, 9.17) is 5.11 Å². The van der Waals surface area contributed by atoms with Crippen molar-refractivity contribution in [1.29, 1.82) is 0 Å². The molecule has 1 aromatic carbocycles. The molecule has 0 bridgehead atoms. The standard InChI is InChI=1S/C13H14BrN3O2/c1-2-9-7-10(14)3-5-12(9)17-8-11(15-16-17)4-6-13(18)19/h3,5,7-8H,2,4,6H2,1H3,(H,18,19). The molecule has 0 aliphatic rings. The third kappa shape index (κ3) is 3.41. The van der Waals surface area contributed by atoms with Gasteiger partial charge in [-0.1, -0.05) is 28.1 Å². The van der Waals surface area contributed by atoms with Crippen LogP contribution in [0, 0.1) is 0 Å². The van der Waals surface area contributed by atoms with Gasteiger partial charge in [-0.2, -0.15) is 0 Å². The Kier molecular flexibility index (Phi) is 4.31. The second kappa shape index (κ2) is 5.97. The van der Waals surface area contributed by atoms with Gasteiger partial charge in [0.25, 0.3) is 0 Å². The van der Waals surface area contributed by atoms with Crippen LogP contribution in [-0.2, 0) is 17.6 Å². The molecule has 5 nitrogen and oxygen atoms in total. The molecule has 0 unspecified atom stereocenters. The molecule has 1 aromatic heterocycles. The van der Waals surface area contributed by atoms with E-state index in [9.17, 15) is 4.79 Å². The van der Waals surface area contributed by atoms with E-state index in [0.29, 0.717) is 12.1 Å². The van der Waals surface area contributed by atoms with Crippen LogP contribution in [-0.4, -0.2) is 26.1 Å². The molecule has 0 atom stereocenters. The number of rotatable bonds is 5. The van der Waals surface area contributed by atoms with Crippen molar-refractivity contribution in [1.82, 2.24) is 15.0 Å². The highest BCUT2D eigenvalue weighted by atomic mass is 79.9. The molecular weight excluding hydrogens is 310 g/mol. The van der Waals surface area contributed by atoms with E-state index in [0.717, 1.165) is 22.1 Å². The van der Waals surface area contributed by atoms with Crippen LogP contribution < -0.4 is 0 Å². The van der Waals surface area contributed by atoms with Crippen LogP contribution in [0.5, 0.6) is 0 Å². The molecule has 0 aliphatic carbocycles. The second-order valence-corrected chi connectivity index (χ2v) is 5.09. The largest absolute Gasteiger partial charge is 0.481 e. The lowest BCUT2D eigenvalue weighted by atomic mass is 10.1. The number of benzene rings is 1. The number of nitrogens with zero attached hydrogens (tertiary/aromatic N) is 3. The minimum atomic E-state index is -0.826. The number of hydrogen-bond acceptors (Lipinski definition) is 3. The quantitative estimate of drug-likeness (QED) is 0.918. The second-order valence-electron chi connectivity index (χ2n) is 4.17. The minimum Gasteiger partial charge on any atom is -0.481 e. The summed E-state index contributed by atoms with van der Waals surface area (Å²) in [6, 6.07) is 5.97. The first-order chi connectivity index (χ1) is 9.10. The topological polar surface area (TPSA) is 68.0 Å². The monoisotopic (exact) mass is 323 g/mol. The van der Waals surface area contributed by atoms with E-state index >= 15 is 0 Å². The number of aliphatic carboxylic acids is 1. The number of aromatic nitrogens is 3. The third-order valence-corrected chi connectivity index (χ3v) is 3.30.